The molecule has 2 aromatic carbocycles. The van der Waals surface area contributed by atoms with E-state index in [4.69, 9.17) is 21.3 Å². The Morgan fingerprint density at radius 3 is 2.61 bits per heavy atom. The van der Waals surface area contributed by atoms with Crippen LogP contribution >= 0.6 is 11.6 Å². The number of aryl methyl sites for hydroxylation is 2. The first-order chi connectivity index (χ1) is 23.8. The maximum absolute atomic E-state index is 12.8. The van der Waals surface area contributed by atoms with E-state index in [9.17, 15) is 9.59 Å². The van der Waals surface area contributed by atoms with Crippen LogP contribution in [-0.2, 0) is 24.7 Å². The largest absolute Gasteiger partial charge is 0.481 e. The van der Waals surface area contributed by atoms with Crippen molar-refractivity contribution < 1.29 is 14.1 Å². The van der Waals surface area contributed by atoms with Crippen molar-refractivity contribution >= 4 is 39.8 Å². The normalized spacial score (nSPS) is 18.2. The molecule has 0 radical (unpaired) electrons. The van der Waals surface area contributed by atoms with Gasteiger partial charge in [0.2, 0.25) is 5.88 Å². The van der Waals surface area contributed by atoms with Crippen molar-refractivity contribution in [1.29, 1.82) is 0 Å². The molecule has 1 unspecified atom stereocenters. The summed E-state index contributed by atoms with van der Waals surface area (Å²) in [6.45, 7) is 6.11. The van der Waals surface area contributed by atoms with Gasteiger partial charge in [-0.25, -0.2) is 24.7 Å². The number of benzene rings is 2. The molecule has 5 heterocycles. The Morgan fingerprint density at radius 2 is 1.82 bits per heavy atom. The van der Waals surface area contributed by atoms with Crippen molar-refractivity contribution in [1.82, 2.24) is 30.5 Å². The molecule has 1 amide bonds. The zero-order valence-electron chi connectivity index (χ0n) is 28.0. The molecule has 0 bridgehead atoms. The zero-order valence-corrected chi connectivity index (χ0v) is 28.7. The molecule has 3 aromatic heterocycles. The number of ether oxygens (including phenoxy) is 1. The van der Waals surface area contributed by atoms with Crippen LogP contribution in [0.25, 0.3) is 33.2 Å². The Bertz CT molecular complexity index is 2130. The first-order valence-electron chi connectivity index (χ1n) is 16.7. The molecule has 2 aliphatic heterocycles. The lowest BCUT2D eigenvalue weighted by Crippen LogP contribution is -2.62. The summed E-state index contributed by atoms with van der Waals surface area (Å²) in [5, 5.41) is 12.6. The van der Waals surface area contributed by atoms with E-state index >= 15 is 0 Å². The van der Waals surface area contributed by atoms with Gasteiger partial charge in [-0.1, -0.05) is 41.9 Å². The maximum atomic E-state index is 12.8. The predicted molar refractivity (Wildman–Crippen MR) is 192 cm³/mol. The number of nitrogens with zero attached hydrogens (tertiary/aromatic N) is 5. The third kappa shape index (κ3) is 6.37. The Kier molecular flexibility index (Phi) is 9.06. The second-order valence-electron chi connectivity index (χ2n) is 12.9. The van der Waals surface area contributed by atoms with Crippen molar-refractivity contribution in [3.8, 4) is 28.3 Å². The number of rotatable bonds is 5. The smallest absolute Gasteiger partial charge is 0.278 e. The van der Waals surface area contributed by atoms with Crippen molar-refractivity contribution in [2.75, 3.05) is 38.7 Å². The number of anilines is 2. The van der Waals surface area contributed by atoms with Gasteiger partial charge in [0.1, 0.15) is 18.9 Å². The van der Waals surface area contributed by atoms with Crippen LogP contribution in [0.3, 0.4) is 0 Å². The summed E-state index contributed by atoms with van der Waals surface area (Å²) in [5.41, 5.74) is 10.7. The molecule has 1 spiro atoms. The molecule has 252 valence electrons. The summed E-state index contributed by atoms with van der Waals surface area (Å²) in [5.74, 6) is 1.38. The fraction of sp³-hybridized carbons (Fsp3) is 0.324. The highest BCUT2D eigenvalue weighted by molar-refractivity contribution is 6.36. The van der Waals surface area contributed by atoms with Gasteiger partial charge in [0.05, 0.1) is 36.0 Å². The number of methoxy groups -OCH3 is 1. The molecule has 8 rings (SSSR count). The quantitative estimate of drug-likeness (QED) is 0.210. The van der Waals surface area contributed by atoms with E-state index in [0.29, 0.717) is 28.5 Å². The van der Waals surface area contributed by atoms with Crippen molar-refractivity contribution in [2.45, 2.75) is 39.0 Å². The summed E-state index contributed by atoms with van der Waals surface area (Å²) < 4.78 is 7.70. The van der Waals surface area contributed by atoms with Crippen LogP contribution in [-0.4, -0.2) is 63.7 Å². The van der Waals surface area contributed by atoms with Crippen molar-refractivity contribution in [3.63, 3.8) is 0 Å². The average molecular weight is 680 g/mol. The summed E-state index contributed by atoms with van der Waals surface area (Å²) in [6, 6.07) is 15.9. The van der Waals surface area contributed by atoms with Crippen LogP contribution in [0, 0.1) is 6.92 Å². The second-order valence-corrected chi connectivity index (χ2v) is 13.2. The fourth-order valence-corrected chi connectivity index (χ4v) is 7.44. The molecule has 3 aliphatic rings. The van der Waals surface area contributed by atoms with Gasteiger partial charge in [-0.3, -0.25) is 14.9 Å². The zero-order chi connectivity index (χ0) is 34.1. The molecule has 49 heavy (non-hydrogen) atoms. The Labute approximate surface area is 289 Å². The van der Waals surface area contributed by atoms with E-state index in [2.05, 4.69) is 32.2 Å². The van der Waals surface area contributed by atoms with Gasteiger partial charge in [-0.05, 0) is 61.1 Å². The summed E-state index contributed by atoms with van der Waals surface area (Å²) in [7, 11) is 3.30. The van der Waals surface area contributed by atoms with Crippen molar-refractivity contribution in [2.24, 2.45) is 7.05 Å². The Hall–Kier alpha value is -4.84. The first-order valence-corrected chi connectivity index (χ1v) is 17.1. The monoisotopic (exact) mass is 679 g/mol. The number of hydrogen-bond donors (Lipinski definition) is 3. The number of pyridine rings is 2. The lowest BCUT2D eigenvalue weighted by molar-refractivity contribution is -0.953. The van der Waals surface area contributed by atoms with E-state index in [-0.39, 0.29) is 11.5 Å². The number of nitrogens with one attached hydrogen (secondary N) is 3. The molecule has 11 nitrogen and oxygen atoms in total. The number of carbonyl (C=O) groups is 1. The molecule has 2 fully saturated rings. The third-order valence-electron chi connectivity index (χ3n) is 9.74. The van der Waals surface area contributed by atoms with Crippen LogP contribution in [0.5, 0.6) is 5.88 Å². The number of carbonyl (C=O) groups excluding carboxylic acids is 1. The highest BCUT2D eigenvalue weighted by atomic mass is 35.5. The van der Waals surface area contributed by atoms with Crippen LogP contribution in [0.2, 0.25) is 5.02 Å². The van der Waals surface area contributed by atoms with Crippen LogP contribution < -0.4 is 26.4 Å². The third-order valence-corrected chi connectivity index (χ3v) is 10.1. The molecule has 0 saturated carbocycles. The lowest BCUT2D eigenvalue weighted by atomic mass is 9.96. The number of amides is 1. The first kappa shape index (κ1) is 32.7. The van der Waals surface area contributed by atoms with E-state index in [1.807, 2.05) is 43.3 Å². The molecule has 12 heteroatoms. The van der Waals surface area contributed by atoms with Gasteiger partial charge in [0, 0.05) is 53.9 Å². The average Bonchev–Trinajstić information content (AvgIpc) is 3.77. The minimum atomic E-state index is -0.208. The van der Waals surface area contributed by atoms with Gasteiger partial charge in [0.25, 0.3) is 11.5 Å². The Morgan fingerprint density at radius 1 is 1.00 bits per heavy atom. The topological polar surface area (TPSA) is 123 Å². The van der Waals surface area contributed by atoms with E-state index in [0.717, 1.165) is 95.6 Å². The minimum absolute atomic E-state index is 0.208. The van der Waals surface area contributed by atoms with E-state index in [1.165, 1.54) is 15.8 Å². The molecule has 3 N–H and O–H groups in total. The number of hydrogen-bond acceptors (Lipinski definition) is 8. The molecular weight excluding hydrogens is 640 g/mol. The van der Waals surface area contributed by atoms with Gasteiger partial charge in [0.15, 0.2) is 6.67 Å². The van der Waals surface area contributed by atoms with Crippen LogP contribution in [0.1, 0.15) is 36.0 Å². The lowest BCUT2D eigenvalue weighted by Gasteiger charge is -2.35. The summed E-state index contributed by atoms with van der Waals surface area (Å²) in [4.78, 5) is 33.2. The van der Waals surface area contributed by atoms with Crippen molar-refractivity contribution in [3.05, 3.63) is 93.0 Å². The second kappa shape index (κ2) is 13.6. The number of fused-ring (bicyclic) bond motifs is 2. The standard InChI is InChI=1S/C30H26ClN5O2.C7H13N3O/c1-17-20(8-6-12-24(17)34-28-26-19(13-14-32-28)16-33-36(2)30(26)37)22-10-5-11-23(27(22)31)25-15-18-7-4-9-21(18)29(35-25)38-3;11-7-2-1-4-10(9-7)5-3-8-6-10/h5-6,8,10-16H,4,7,9H2,1-3H3,(H,32,34);8H,1-6H2/p+1. The fourth-order valence-electron chi connectivity index (χ4n) is 7.12. The Balaban J connectivity index is 0.000000290. The minimum Gasteiger partial charge on any atom is -0.481 e. The van der Waals surface area contributed by atoms with Crippen LogP contribution in [0.15, 0.2) is 65.7 Å². The van der Waals surface area contributed by atoms with Gasteiger partial charge in [-0.2, -0.15) is 5.10 Å². The number of aromatic nitrogens is 4. The highest BCUT2D eigenvalue weighted by Crippen LogP contribution is 2.41. The van der Waals surface area contributed by atoms with Crippen LogP contribution in [0.4, 0.5) is 11.5 Å². The van der Waals surface area contributed by atoms with Gasteiger partial charge >= 0.3 is 0 Å². The summed E-state index contributed by atoms with van der Waals surface area (Å²) >= 11 is 7.06. The van der Waals surface area contributed by atoms with Gasteiger partial charge < -0.3 is 10.1 Å². The molecule has 1 atom stereocenters. The SMILES string of the molecule is COc1nc(-c2cccc(-c3cccc(Nc4nccc5cnn(C)c(=O)c45)c3C)c2Cl)cc2c1CCC2.O=C1CCC[N+]2(CCNC2)N1. The van der Waals surface area contributed by atoms with E-state index in [1.54, 1.807) is 32.6 Å². The van der Waals surface area contributed by atoms with Gasteiger partial charge in [-0.15, -0.1) is 0 Å². The predicted octanol–water partition coefficient (Wildman–Crippen LogP) is 5.45. The maximum Gasteiger partial charge on any atom is 0.278 e. The number of halogens is 1. The molecular formula is C37H40ClN8O3+. The number of quaternary nitrogens is 1. The summed E-state index contributed by atoms with van der Waals surface area (Å²) in [6.07, 6.45) is 8.20. The molecule has 1 aliphatic carbocycles. The highest BCUT2D eigenvalue weighted by Gasteiger charge is 2.36. The molecule has 5 aromatic rings. The molecule has 2 saturated heterocycles. The van der Waals surface area contributed by atoms with E-state index < -0.39 is 0 Å².